The summed E-state index contributed by atoms with van der Waals surface area (Å²) < 4.78 is 5.35. The number of amides is 3. The fourth-order valence-electron chi connectivity index (χ4n) is 7.17. The average molecular weight is 740 g/mol. The fourth-order valence-corrected chi connectivity index (χ4v) is 7.44. The summed E-state index contributed by atoms with van der Waals surface area (Å²) in [6, 6.07) is 14.6. The van der Waals surface area contributed by atoms with Crippen molar-refractivity contribution in [2.45, 2.75) is 90.2 Å². The topological polar surface area (TPSA) is 174 Å². The number of hydrogen-bond acceptors (Lipinski definition) is 6. The Hall–Kier alpha value is -5.10. The molecule has 2 aliphatic carbocycles. The Morgan fingerprint density at radius 3 is 2.38 bits per heavy atom. The van der Waals surface area contributed by atoms with Gasteiger partial charge >= 0.3 is 11.8 Å². The number of carbonyl (C=O) groups excluding carboxylic acids is 3. The minimum absolute atomic E-state index is 0.183. The number of nitrogens with zero attached hydrogens (tertiary/aromatic N) is 1. The Morgan fingerprint density at radius 1 is 0.943 bits per heavy atom. The highest BCUT2D eigenvalue weighted by molar-refractivity contribution is 6.35. The van der Waals surface area contributed by atoms with Crippen LogP contribution in [0.3, 0.4) is 0 Å². The SMILES string of the molecule is Cc1cc2[nH]c(C3CC3)nc2cc1-c1ccc(CC(NC(=O)C2CCC(CNC(=O)OC(C)(C)C)CC2)C(=O)Nc2cc(Cl)c3[nH]c(=O)[nH]c3c2)cc1. The summed E-state index contributed by atoms with van der Waals surface area (Å²) in [4.78, 5) is 65.2. The monoisotopic (exact) mass is 739 g/mol. The number of aromatic amines is 3. The molecule has 2 aromatic heterocycles. The van der Waals surface area contributed by atoms with Crippen LogP contribution in [0.1, 0.15) is 82.2 Å². The van der Waals surface area contributed by atoms with E-state index in [1.54, 1.807) is 12.1 Å². The van der Waals surface area contributed by atoms with Crippen molar-refractivity contribution in [1.29, 1.82) is 0 Å². The summed E-state index contributed by atoms with van der Waals surface area (Å²) in [6.07, 6.45) is 5.00. The lowest BCUT2D eigenvalue weighted by Crippen LogP contribution is -2.48. The number of benzene rings is 3. The van der Waals surface area contributed by atoms with Crippen LogP contribution in [-0.4, -0.2) is 56.0 Å². The van der Waals surface area contributed by atoms with Crippen molar-refractivity contribution in [3.8, 4) is 11.1 Å². The van der Waals surface area contributed by atoms with Gasteiger partial charge in [0, 0.05) is 30.5 Å². The van der Waals surface area contributed by atoms with Crippen LogP contribution in [0, 0.1) is 18.8 Å². The minimum atomic E-state index is -0.886. The highest BCUT2D eigenvalue weighted by Gasteiger charge is 2.31. The number of carbonyl (C=O) groups is 3. The fraction of sp³-hybridized carbons (Fsp3) is 0.425. The first-order chi connectivity index (χ1) is 25.3. The lowest BCUT2D eigenvalue weighted by molar-refractivity contribution is -0.130. The molecule has 0 aliphatic heterocycles. The maximum absolute atomic E-state index is 13.9. The molecule has 278 valence electrons. The van der Waals surface area contributed by atoms with E-state index in [0.29, 0.717) is 42.0 Å². The molecular weight excluding hydrogens is 694 g/mol. The second-order valence-electron chi connectivity index (χ2n) is 15.6. The van der Waals surface area contributed by atoms with Crippen molar-refractivity contribution in [3.63, 3.8) is 0 Å². The molecule has 2 aliphatic rings. The van der Waals surface area contributed by atoms with Gasteiger partial charge in [0.25, 0.3) is 0 Å². The number of anilines is 1. The predicted octanol–water partition coefficient (Wildman–Crippen LogP) is 7.24. The van der Waals surface area contributed by atoms with Gasteiger partial charge in [0.2, 0.25) is 11.8 Å². The summed E-state index contributed by atoms with van der Waals surface area (Å²) in [7, 11) is 0. The molecule has 5 aromatic rings. The van der Waals surface area contributed by atoms with E-state index >= 15 is 0 Å². The second kappa shape index (κ2) is 14.7. The number of aromatic nitrogens is 4. The van der Waals surface area contributed by atoms with Gasteiger partial charge in [-0.2, -0.15) is 0 Å². The molecule has 13 heteroatoms. The quantitative estimate of drug-likeness (QED) is 0.0881. The van der Waals surface area contributed by atoms with Crippen LogP contribution in [0.25, 0.3) is 33.2 Å². The Balaban J connectivity index is 1.05. The third-order valence-corrected chi connectivity index (χ3v) is 10.4. The molecule has 0 spiro atoms. The summed E-state index contributed by atoms with van der Waals surface area (Å²) >= 11 is 6.41. The van der Waals surface area contributed by atoms with Gasteiger partial charge < -0.3 is 35.6 Å². The lowest BCUT2D eigenvalue weighted by atomic mass is 9.81. The molecule has 2 heterocycles. The van der Waals surface area contributed by atoms with E-state index in [-0.39, 0.29) is 29.2 Å². The third-order valence-electron chi connectivity index (χ3n) is 10.1. The van der Waals surface area contributed by atoms with Crippen LogP contribution in [0.15, 0.2) is 53.3 Å². The van der Waals surface area contributed by atoms with Gasteiger partial charge in [0.15, 0.2) is 0 Å². The molecule has 1 unspecified atom stereocenters. The van der Waals surface area contributed by atoms with E-state index < -0.39 is 29.3 Å². The second-order valence-corrected chi connectivity index (χ2v) is 16.0. The van der Waals surface area contributed by atoms with E-state index in [9.17, 15) is 19.2 Å². The van der Waals surface area contributed by atoms with Gasteiger partial charge in [0.1, 0.15) is 17.5 Å². The molecular formula is C40H46ClN7O5. The van der Waals surface area contributed by atoms with Crippen LogP contribution >= 0.6 is 11.6 Å². The minimum Gasteiger partial charge on any atom is -0.444 e. The van der Waals surface area contributed by atoms with Gasteiger partial charge in [-0.25, -0.2) is 14.6 Å². The van der Waals surface area contributed by atoms with E-state index in [1.165, 1.54) is 12.8 Å². The summed E-state index contributed by atoms with van der Waals surface area (Å²) in [5.74, 6) is 0.985. The van der Waals surface area contributed by atoms with E-state index in [0.717, 1.165) is 52.0 Å². The smallest absolute Gasteiger partial charge is 0.407 e. The highest BCUT2D eigenvalue weighted by Crippen LogP contribution is 2.40. The summed E-state index contributed by atoms with van der Waals surface area (Å²) in [5.41, 5.74) is 6.46. The van der Waals surface area contributed by atoms with Crippen molar-refractivity contribution in [3.05, 3.63) is 81.0 Å². The Labute approximate surface area is 312 Å². The van der Waals surface area contributed by atoms with Gasteiger partial charge in [-0.1, -0.05) is 35.9 Å². The maximum Gasteiger partial charge on any atom is 0.407 e. The number of rotatable bonds is 10. The molecule has 1 atom stereocenters. The van der Waals surface area contributed by atoms with Crippen molar-refractivity contribution >= 4 is 57.3 Å². The van der Waals surface area contributed by atoms with Gasteiger partial charge in [-0.05, 0) is 119 Å². The summed E-state index contributed by atoms with van der Waals surface area (Å²) in [6.45, 7) is 8.05. The van der Waals surface area contributed by atoms with E-state index in [1.807, 2.05) is 45.0 Å². The molecule has 2 fully saturated rings. The normalized spacial score (nSPS) is 18.1. The number of H-pyrrole nitrogens is 3. The van der Waals surface area contributed by atoms with E-state index in [4.69, 9.17) is 21.3 Å². The molecule has 12 nitrogen and oxygen atoms in total. The molecule has 3 aromatic carbocycles. The lowest BCUT2D eigenvalue weighted by Gasteiger charge is -2.29. The Kier molecular flexibility index (Phi) is 10.1. The number of aryl methyl sites for hydroxylation is 1. The molecule has 0 bridgehead atoms. The number of fused-ring (bicyclic) bond motifs is 2. The molecule has 3 amide bonds. The van der Waals surface area contributed by atoms with Crippen molar-refractivity contribution in [2.24, 2.45) is 11.8 Å². The van der Waals surface area contributed by atoms with Crippen molar-refractivity contribution in [1.82, 2.24) is 30.6 Å². The van der Waals surface area contributed by atoms with Crippen molar-refractivity contribution in [2.75, 3.05) is 11.9 Å². The van der Waals surface area contributed by atoms with Crippen LogP contribution in [0.4, 0.5) is 10.5 Å². The predicted molar refractivity (Wildman–Crippen MR) is 206 cm³/mol. The van der Waals surface area contributed by atoms with Crippen molar-refractivity contribution < 1.29 is 19.1 Å². The number of alkyl carbamates (subject to hydrolysis) is 1. The van der Waals surface area contributed by atoms with Gasteiger partial charge in [0.05, 0.1) is 27.1 Å². The van der Waals surface area contributed by atoms with Crippen LogP contribution < -0.4 is 21.6 Å². The number of imidazole rings is 2. The van der Waals surface area contributed by atoms with E-state index in [2.05, 4.69) is 50.0 Å². The number of halogens is 1. The number of nitrogens with one attached hydrogen (secondary N) is 6. The molecule has 0 radical (unpaired) electrons. The molecule has 53 heavy (non-hydrogen) atoms. The third kappa shape index (κ3) is 8.76. The first-order valence-corrected chi connectivity index (χ1v) is 18.7. The van der Waals surface area contributed by atoms with Gasteiger partial charge in [-0.15, -0.1) is 0 Å². The molecule has 0 saturated heterocycles. The zero-order valence-electron chi connectivity index (χ0n) is 30.5. The molecule has 7 rings (SSSR count). The first-order valence-electron chi connectivity index (χ1n) is 18.4. The molecule has 2 saturated carbocycles. The number of hydrogen-bond donors (Lipinski definition) is 6. The number of ether oxygens (including phenoxy) is 1. The average Bonchev–Trinajstić information content (AvgIpc) is 3.76. The highest BCUT2D eigenvalue weighted by atomic mass is 35.5. The zero-order chi connectivity index (χ0) is 37.4. The van der Waals surface area contributed by atoms with Gasteiger partial charge in [-0.3, -0.25) is 9.59 Å². The Bertz CT molecular complexity index is 2220. The van der Waals surface area contributed by atoms with Crippen LogP contribution in [0.5, 0.6) is 0 Å². The zero-order valence-corrected chi connectivity index (χ0v) is 31.2. The van der Waals surface area contributed by atoms with Crippen LogP contribution in [-0.2, 0) is 20.7 Å². The molecule has 6 N–H and O–H groups in total. The standard InChI is InChI=1S/C40H46ClN7O5/c1-21-15-30-31(45-35(44-30)25-13-14-25)19-28(21)24-9-5-22(6-10-24)16-33(37(50)43-27-17-29(41)34-32(18-27)47-38(51)48-34)46-36(49)26-11-7-23(8-12-26)20-42-39(52)53-40(2,3)4/h5-6,9-10,15,17-19,23,25-26,33H,7-8,11-14,16,20H2,1-4H3,(H,42,52)(H,43,50)(H,44,45)(H,46,49)(H2,47,48,51). The largest absolute Gasteiger partial charge is 0.444 e. The maximum atomic E-state index is 13.9. The Morgan fingerprint density at radius 2 is 1.68 bits per heavy atom. The van der Waals surface area contributed by atoms with Crippen LogP contribution in [0.2, 0.25) is 5.02 Å². The first kappa shape index (κ1) is 36.3. The summed E-state index contributed by atoms with van der Waals surface area (Å²) in [5, 5.41) is 9.07.